The molecule has 0 aliphatic heterocycles. The average Bonchev–Trinajstić information content (AvgIpc) is 2.87. The van der Waals surface area contributed by atoms with Gasteiger partial charge in [-0.05, 0) is 35.0 Å². The summed E-state index contributed by atoms with van der Waals surface area (Å²) < 4.78 is 12.3. The van der Waals surface area contributed by atoms with Crippen molar-refractivity contribution < 1.29 is 9.47 Å². The second-order valence-electron chi connectivity index (χ2n) is 4.46. The summed E-state index contributed by atoms with van der Waals surface area (Å²) >= 11 is 1.68. The molecule has 2 N–H and O–H groups in total. The first-order valence-corrected chi connectivity index (χ1v) is 7.17. The highest BCUT2D eigenvalue weighted by molar-refractivity contribution is 7.17. The van der Waals surface area contributed by atoms with Crippen molar-refractivity contribution in [2.45, 2.75) is 6.61 Å². The molecule has 0 aliphatic carbocycles. The number of rotatable bonds is 4. The molecule has 2 aromatic carbocycles. The Labute approximate surface area is 121 Å². The fourth-order valence-electron chi connectivity index (χ4n) is 2.11. The molecule has 0 aliphatic rings. The van der Waals surface area contributed by atoms with Crippen LogP contribution < -0.4 is 15.2 Å². The van der Waals surface area contributed by atoms with Gasteiger partial charge in [0.05, 0.1) is 7.11 Å². The molecule has 0 fully saturated rings. The highest BCUT2D eigenvalue weighted by Gasteiger charge is 2.07. The quantitative estimate of drug-likeness (QED) is 0.735. The SMILES string of the molecule is COc1ccccc1OCc1csc2cc(N)ccc12. The van der Waals surface area contributed by atoms with Gasteiger partial charge < -0.3 is 15.2 Å². The Balaban J connectivity index is 1.83. The molecule has 4 heteroatoms. The molecule has 102 valence electrons. The van der Waals surface area contributed by atoms with Crippen molar-refractivity contribution in [3.63, 3.8) is 0 Å². The van der Waals surface area contributed by atoms with Gasteiger partial charge in [-0.2, -0.15) is 0 Å². The summed E-state index contributed by atoms with van der Waals surface area (Å²) in [7, 11) is 1.64. The van der Waals surface area contributed by atoms with Crippen LogP contribution in [0.1, 0.15) is 5.56 Å². The molecule has 20 heavy (non-hydrogen) atoms. The summed E-state index contributed by atoms with van der Waals surface area (Å²) in [4.78, 5) is 0. The molecular weight excluding hydrogens is 270 g/mol. The van der Waals surface area contributed by atoms with Crippen LogP contribution in [-0.4, -0.2) is 7.11 Å². The molecule has 3 aromatic rings. The molecule has 0 saturated carbocycles. The van der Waals surface area contributed by atoms with Crippen LogP contribution >= 0.6 is 11.3 Å². The first-order chi connectivity index (χ1) is 9.78. The van der Waals surface area contributed by atoms with E-state index in [0.29, 0.717) is 6.61 Å². The number of ether oxygens (including phenoxy) is 2. The molecule has 0 spiro atoms. The number of methoxy groups -OCH3 is 1. The van der Waals surface area contributed by atoms with Gasteiger partial charge in [0.2, 0.25) is 0 Å². The van der Waals surface area contributed by atoms with Gasteiger partial charge >= 0.3 is 0 Å². The summed E-state index contributed by atoms with van der Waals surface area (Å²) in [5.74, 6) is 1.50. The highest BCUT2D eigenvalue weighted by Crippen LogP contribution is 2.31. The molecule has 0 amide bonds. The highest BCUT2D eigenvalue weighted by atomic mass is 32.1. The average molecular weight is 285 g/mol. The number of nitrogens with two attached hydrogens (primary N) is 1. The zero-order chi connectivity index (χ0) is 13.9. The Kier molecular flexibility index (Phi) is 3.48. The van der Waals surface area contributed by atoms with E-state index >= 15 is 0 Å². The maximum absolute atomic E-state index is 5.86. The summed E-state index contributed by atoms with van der Waals surface area (Å²) in [6.07, 6.45) is 0. The molecule has 0 unspecified atom stereocenters. The van der Waals surface area contributed by atoms with Crippen LogP contribution in [0.15, 0.2) is 47.8 Å². The number of anilines is 1. The van der Waals surface area contributed by atoms with Gasteiger partial charge in [-0.25, -0.2) is 0 Å². The van der Waals surface area contributed by atoms with Crippen molar-refractivity contribution in [1.82, 2.24) is 0 Å². The maximum atomic E-state index is 5.86. The van der Waals surface area contributed by atoms with E-state index in [4.69, 9.17) is 15.2 Å². The number of fused-ring (bicyclic) bond motifs is 1. The lowest BCUT2D eigenvalue weighted by Crippen LogP contribution is -1.96. The van der Waals surface area contributed by atoms with Crippen LogP contribution in [0.25, 0.3) is 10.1 Å². The van der Waals surface area contributed by atoms with Crippen molar-refractivity contribution >= 4 is 27.1 Å². The molecule has 0 radical (unpaired) electrons. The Morgan fingerprint density at radius 3 is 2.70 bits per heavy atom. The lowest BCUT2D eigenvalue weighted by molar-refractivity contribution is 0.286. The lowest BCUT2D eigenvalue weighted by atomic mass is 10.2. The fourth-order valence-corrected chi connectivity index (χ4v) is 3.10. The zero-order valence-corrected chi connectivity index (χ0v) is 11.9. The van der Waals surface area contributed by atoms with E-state index in [1.54, 1.807) is 18.4 Å². The third-order valence-corrected chi connectivity index (χ3v) is 4.13. The van der Waals surface area contributed by atoms with E-state index in [-0.39, 0.29) is 0 Å². The predicted molar refractivity (Wildman–Crippen MR) is 83.6 cm³/mol. The molecule has 3 rings (SSSR count). The minimum absolute atomic E-state index is 0.518. The van der Waals surface area contributed by atoms with Crippen LogP contribution in [0.4, 0.5) is 5.69 Å². The molecule has 1 aromatic heterocycles. The number of para-hydroxylation sites is 2. The number of hydrogen-bond donors (Lipinski definition) is 1. The monoisotopic (exact) mass is 285 g/mol. The molecule has 0 saturated heterocycles. The van der Waals surface area contributed by atoms with Crippen molar-refractivity contribution in [2.24, 2.45) is 0 Å². The van der Waals surface area contributed by atoms with E-state index in [1.165, 1.54) is 10.1 Å². The van der Waals surface area contributed by atoms with Gasteiger partial charge in [0.1, 0.15) is 6.61 Å². The number of thiophene rings is 1. The minimum Gasteiger partial charge on any atom is -0.493 e. The first-order valence-electron chi connectivity index (χ1n) is 6.29. The van der Waals surface area contributed by atoms with Gasteiger partial charge in [0.15, 0.2) is 11.5 Å². The normalized spacial score (nSPS) is 10.7. The Hall–Kier alpha value is -2.20. The zero-order valence-electron chi connectivity index (χ0n) is 11.1. The molecule has 0 bridgehead atoms. The molecular formula is C16H15NO2S. The van der Waals surface area contributed by atoms with Crippen LogP contribution in [0.5, 0.6) is 11.5 Å². The van der Waals surface area contributed by atoms with Crippen LogP contribution in [0.2, 0.25) is 0 Å². The summed E-state index contributed by atoms with van der Waals surface area (Å²) in [5.41, 5.74) is 7.75. The first kappa shape index (κ1) is 12.8. The van der Waals surface area contributed by atoms with E-state index in [2.05, 4.69) is 5.38 Å². The summed E-state index contributed by atoms with van der Waals surface area (Å²) in [6.45, 7) is 0.518. The lowest BCUT2D eigenvalue weighted by Gasteiger charge is -2.09. The summed E-state index contributed by atoms with van der Waals surface area (Å²) in [5, 5.41) is 3.30. The van der Waals surface area contributed by atoms with E-state index in [1.807, 2.05) is 42.5 Å². The van der Waals surface area contributed by atoms with Crippen molar-refractivity contribution in [2.75, 3.05) is 12.8 Å². The number of hydrogen-bond acceptors (Lipinski definition) is 4. The third kappa shape index (κ3) is 2.42. The Morgan fingerprint density at radius 2 is 1.90 bits per heavy atom. The van der Waals surface area contributed by atoms with Crippen LogP contribution in [0, 0.1) is 0 Å². The third-order valence-electron chi connectivity index (χ3n) is 3.13. The predicted octanol–water partition coefficient (Wildman–Crippen LogP) is 4.07. The summed E-state index contributed by atoms with van der Waals surface area (Å²) in [6, 6.07) is 13.6. The molecule has 0 atom stereocenters. The van der Waals surface area contributed by atoms with Gasteiger partial charge in [0, 0.05) is 16.0 Å². The van der Waals surface area contributed by atoms with E-state index < -0.39 is 0 Å². The van der Waals surface area contributed by atoms with Gasteiger partial charge in [0.25, 0.3) is 0 Å². The molecule has 3 nitrogen and oxygen atoms in total. The van der Waals surface area contributed by atoms with E-state index in [9.17, 15) is 0 Å². The Morgan fingerprint density at radius 1 is 1.10 bits per heavy atom. The standard InChI is InChI=1S/C16H15NO2S/c1-18-14-4-2-3-5-15(14)19-9-11-10-20-16-8-12(17)6-7-13(11)16/h2-8,10H,9,17H2,1H3. The van der Waals surface area contributed by atoms with Crippen LogP contribution in [0.3, 0.4) is 0 Å². The number of benzene rings is 2. The van der Waals surface area contributed by atoms with Crippen molar-refractivity contribution in [3.8, 4) is 11.5 Å². The number of nitrogen functional groups attached to an aromatic ring is 1. The second-order valence-corrected chi connectivity index (χ2v) is 5.37. The second kappa shape index (κ2) is 5.43. The fraction of sp³-hybridized carbons (Fsp3) is 0.125. The van der Waals surface area contributed by atoms with Crippen LogP contribution in [-0.2, 0) is 6.61 Å². The minimum atomic E-state index is 0.518. The maximum Gasteiger partial charge on any atom is 0.161 e. The largest absolute Gasteiger partial charge is 0.493 e. The van der Waals surface area contributed by atoms with Gasteiger partial charge in [-0.3, -0.25) is 0 Å². The topological polar surface area (TPSA) is 44.5 Å². The Bertz CT molecular complexity index is 736. The molecule has 1 heterocycles. The van der Waals surface area contributed by atoms with Gasteiger partial charge in [-0.1, -0.05) is 18.2 Å². The van der Waals surface area contributed by atoms with Gasteiger partial charge in [-0.15, -0.1) is 11.3 Å². The van der Waals surface area contributed by atoms with Crippen molar-refractivity contribution in [1.29, 1.82) is 0 Å². The van der Waals surface area contributed by atoms with E-state index in [0.717, 1.165) is 22.7 Å². The smallest absolute Gasteiger partial charge is 0.161 e. The van der Waals surface area contributed by atoms with Crippen molar-refractivity contribution in [3.05, 3.63) is 53.4 Å².